The summed E-state index contributed by atoms with van der Waals surface area (Å²) in [5, 5.41) is 3.36. The molecule has 1 atom stereocenters. The Morgan fingerprint density at radius 2 is 1.95 bits per heavy atom. The smallest absolute Gasteiger partial charge is 0.150 e. The number of methoxy groups -OCH3 is 1. The molecule has 1 aliphatic carbocycles. The van der Waals surface area contributed by atoms with Crippen LogP contribution in [0.15, 0.2) is 0 Å². The van der Waals surface area contributed by atoms with Gasteiger partial charge in [-0.15, -0.1) is 0 Å². The minimum Gasteiger partial charge on any atom is -0.377 e. The largest absolute Gasteiger partial charge is 0.377 e. The van der Waals surface area contributed by atoms with Crippen LogP contribution in [0.1, 0.15) is 52.4 Å². The van der Waals surface area contributed by atoms with Crippen molar-refractivity contribution in [3.05, 3.63) is 0 Å². The molecule has 1 aliphatic rings. The number of sulfone groups is 1. The fraction of sp³-hybridized carbons (Fsp3) is 1.00. The first-order valence-electron chi connectivity index (χ1n) is 7.82. The van der Waals surface area contributed by atoms with E-state index in [2.05, 4.69) is 12.2 Å². The second-order valence-electron chi connectivity index (χ2n) is 6.17. The second-order valence-corrected chi connectivity index (χ2v) is 8.64. The van der Waals surface area contributed by atoms with Crippen LogP contribution in [0.4, 0.5) is 0 Å². The normalized spacial score (nSPS) is 29.3. The summed E-state index contributed by atoms with van der Waals surface area (Å²) < 4.78 is 29.0. The average Bonchev–Trinajstić information content (AvgIpc) is 2.45. The summed E-state index contributed by atoms with van der Waals surface area (Å²) in [7, 11) is 0.893. The first kappa shape index (κ1) is 17.9. The SMILES string of the molecule is CCS(=O)(=O)CCCC(NC)C1(OC)CCC(C)CC1. The summed E-state index contributed by atoms with van der Waals surface area (Å²) >= 11 is 0. The maximum atomic E-state index is 11.6. The number of ether oxygens (including phenoxy) is 1. The van der Waals surface area contributed by atoms with Crippen LogP contribution in [-0.4, -0.2) is 45.7 Å². The highest BCUT2D eigenvalue weighted by Gasteiger charge is 2.40. The van der Waals surface area contributed by atoms with Gasteiger partial charge in [0.1, 0.15) is 9.84 Å². The number of likely N-dealkylation sites (N-methyl/N-ethyl adjacent to an activating group) is 1. The zero-order valence-electron chi connectivity index (χ0n) is 13.4. The summed E-state index contributed by atoms with van der Waals surface area (Å²) in [4.78, 5) is 0. The molecular formula is C15H31NO3S. The lowest BCUT2D eigenvalue weighted by atomic mass is 9.74. The predicted molar refractivity (Wildman–Crippen MR) is 83.8 cm³/mol. The minimum absolute atomic E-state index is 0.114. The molecule has 120 valence electrons. The van der Waals surface area contributed by atoms with E-state index in [9.17, 15) is 8.42 Å². The van der Waals surface area contributed by atoms with E-state index in [1.165, 1.54) is 12.8 Å². The third kappa shape index (κ3) is 4.71. The van der Waals surface area contributed by atoms with Gasteiger partial charge in [-0.1, -0.05) is 13.8 Å². The molecule has 0 aromatic carbocycles. The first-order chi connectivity index (χ1) is 9.39. The third-order valence-corrected chi connectivity index (χ3v) is 6.69. The van der Waals surface area contributed by atoms with Gasteiger partial charge in [-0.3, -0.25) is 0 Å². The van der Waals surface area contributed by atoms with Gasteiger partial charge in [0.2, 0.25) is 0 Å². The highest BCUT2D eigenvalue weighted by Crippen LogP contribution is 2.38. The van der Waals surface area contributed by atoms with Crippen molar-refractivity contribution in [2.75, 3.05) is 25.7 Å². The molecule has 0 aromatic heterocycles. The van der Waals surface area contributed by atoms with E-state index in [0.29, 0.717) is 6.42 Å². The molecule has 0 heterocycles. The molecule has 1 rings (SSSR count). The van der Waals surface area contributed by atoms with Gasteiger partial charge in [0.05, 0.1) is 11.4 Å². The number of hydrogen-bond acceptors (Lipinski definition) is 4. The molecule has 20 heavy (non-hydrogen) atoms. The number of hydrogen-bond donors (Lipinski definition) is 1. The lowest BCUT2D eigenvalue weighted by Gasteiger charge is -2.44. The van der Waals surface area contributed by atoms with Crippen LogP contribution in [-0.2, 0) is 14.6 Å². The maximum Gasteiger partial charge on any atom is 0.150 e. The van der Waals surface area contributed by atoms with Crippen molar-refractivity contribution >= 4 is 9.84 Å². The van der Waals surface area contributed by atoms with Gasteiger partial charge in [-0.2, -0.15) is 0 Å². The van der Waals surface area contributed by atoms with Gasteiger partial charge in [0, 0.05) is 18.9 Å². The van der Waals surface area contributed by atoms with Crippen LogP contribution in [0.3, 0.4) is 0 Å². The zero-order chi connectivity index (χ0) is 15.2. The number of rotatable bonds is 8. The summed E-state index contributed by atoms with van der Waals surface area (Å²) in [5.41, 5.74) is -0.114. The Morgan fingerprint density at radius 3 is 2.40 bits per heavy atom. The van der Waals surface area contributed by atoms with Gasteiger partial charge >= 0.3 is 0 Å². The quantitative estimate of drug-likeness (QED) is 0.748. The first-order valence-corrected chi connectivity index (χ1v) is 9.64. The summed E-state index contributed by atoms with van der Waals surface area (Å²) in [6, 6.07) is 0.243. The van der Waals surface area contributed by atoms with E-state index in [-0.39, 0.29) is 23.1 Å². The van der Waals surface area contributed by atoms with Crippen molar-refractivity contribution in [2.24, 2.45) is 5.92 Å². The van der Waals surface area contributed by atoms with Crippen molar-refractivity contribution in [2.45, 2.75) is 64.0 Å². The van der Waals surface area contributed by atoms with E-state index in [1.54, 1.807) is 14.0 Å². The molecule has 1 unspecified atom stereocenters. The molecule has 0 spiro atoms. The second kappa shape index (κ2) is 7.76. The number of nitrogens with one attached hydrogen (secondary N) is 1. The van der Waals surface area contributed by atoms with Crippen molar-refractivity contribution in [1.29, 1.82) is 0 Å². The van der Waals surface area contributed by atoms with E-state index >= 15 is 0 Å². The monoisotopic (exact) mass is 305 g/mol. The van der Waals surface area contributed by atoms with Gasteiger partial charge in [0.15, 0.2) is 0 Å². The molecule has 1 fully saturated rings. The summed E-state index contributed by atoms with van der Waals surface area (Å²) in [6.45, 7) is 4.01. The van der Waals surface area contributed by atoms with E-state index < -0.39 is 9.84 Å². The highest BCUT2D eigenvalue weighted by atomic mass is 32.2. The molecule has 0 aromatic rings. The predicted octanol–water partition coefficient (Wildman–Crippen LogP) is 2.38. The summed E-state index contributed by atoms with van der Waals surface area (Å²) in [6.07, 6.45) is 6.09. The standard InChI is InChI=1S/C15H31NO3S/c1-5-20(17,18)12-6-7-14(16-3)15(19-4)10-8-13(2)9-11-15/h13-14,16H,5-12H2,1-4H3. The Kier molecular flexibility index (Phi) is 6.95. The molecule has 0 bridgehead atoms. The van der Waals surface area contributed by atoms with Gasteiger partial charge < -0.3 is 10.1 Å². The zero-order valence-corrected chi connectivity index (χ0v) is 14.3. The molecule has 1 N–H and O–H groups in total. The van der Waals surface area contributed by atoms with Crippen LogP contribution < -0.4 is 5.32 Å². The van der Waals surface area contributed by atoms with Gasteiger partial charge in [-0.05, 0) is 51.5 Å². The fourth-order valence-corrected chi connectivity index (χ4v) is 4.16. The lowest BCUT2D eigenvalue weighted by Crippen LogP contribution is -2.53. The van der Waals surface area contributed by atoms with Crippen LogP contribution in [0.2, 0.25) is 0 Å². The minimum atomic E-state index is -2.86. The molecular weight excluding hydrogens is 274 g/mol. The fourth-order valence-electron chi connectivity index (χ4n) is 3.27. The van der Waals surface area contributed by atoms with Crippen LogP contribution in [0, 0.1) is 5.92 Å². The molecule has 5 heteroatoms. The molecule has 0 amide bonds. The lowest BCUT2D eigenvalue weighted by molar-refractivity contribution is -0.0749. The Morgan fingerprint density at radius 1 is 1.35 bits per heavy atom. The Labute approximate surface area is 124 Å². The Bertz CT molecular complexity index is 373. The Hall–Kier alpha value is -0.130. The van der Waals surface area contributed by atoms with Crippen molar-refractivity contribution < 1.29 is 13.2 Å². The van der Waals surface area contributed by atoms with E-state index in [1.807, 2.05) is 7.05 Å². The molecule has 4 nitrogen and oxygen atoms in total. The topological polar surface area (TPSA) is 55.4 Å². The van der Waals surface area contributed by atoms with E-state index in [0.717, 1.165) is 25.2 Å². The highest BCUT2D eigenvalue weighted by molar-refractivity contribution is 7.91. The van der Waals surface area contributed by atoms with Crippen molar-refractivity contribution in [3.8, 4) is 0 Å². The molecule has 1 saturated carbocycles. The molecule has 0 radical (unpaired) electrons. The molecule has 0 aliphatic heterocycles. The average molecular weight is 305 g/mol. The van der Waals surface area contributed by atoms with Crippen LogP contribution >= 0.6 is 0 Å². The van der Waals surface area contributed by atoms with E-state index in [4.69, 9.17) is 4.74 Å². The Balaban J connectivity index is 2.59. The van der Waals surface area contributed by atoms with Crippen molar-refractivity contribution in [1.82, 2.24) is 5.32 Å². The summed E-state index contributed by atoms with van der Waals surface area (Å²) in [5.74, 6) is 1.30. The third-order valence-electron chi connectivity index (χ3n) is 4.90. The van der Waals surface area contributed by atoms with Crippen LogP contribution in [0.25, 0.3) is 0 Å². The maximum absolute atomic E-state index is 11.6. The van der Waals surface area contributed by atoms with Crippen LogP contribution in [0.5, 0.6) is 0 Å². The van der Waals surface area contributed by atoms with Gasteiger partial charge in [0.25, 0.3) is 0 Å². The van der Waals surface area contributed by atoms with Gasteiger partial charge in [-0.25, -0.2) is 8.42 Å². The van der Waals surface area contributed by atoms with Crippen molar-refractivity contribution in [3.63, 3.8) is 0 Å². The molecule has 0 saturated heterocycles.